The highest BCUT2D eigenvalue weighted by Gasteiger charge is 2.64. The third-order valence-corrected chi connectivity index (χ3v) is 11.7. The van der Waals surface area contributed by atoms with Crippen molar-refractivity contribution in [3.63, 3.8) is 0 Å². The zero-order valence-corrected chi connectivity index (χ0v) is 30.0. The van der Waals surface area contributed by atoms with Gasteiger partial charge in [0.2, 0.25) is 5.78 Å². The van der Waals surface area contributed by atoms with Gasteiger partial charge in [0, 0.05) is 24.1 Å². The van der Waals surface area contributed by atoms with Gasteiger partial charge in [-0.2, -0.15) is 13.2 Å². The Balaban J connectivity index is 1.27. The van der Waals surface area contributed by atoms with Crippen molar-refractivity contribution < 1.29 is 47.0 Å². The highest BCUT2D eigenvalue weighted by atomic mass is 19.4. The zero-order chi connectivity index (χ0) is 38.1. The number of halogens is 3. The van der Waals surface area contributed by atoms with Crippen molar-refractivity contribution in [2.24, 2.45) is 11.8 Å². The quantitative estimate of drug-likeness (QED) is 0.185. The minimum absolute atomic E-state index is 0.0274. The lowest BCUT2D eigenvalue weighted by Gasteiger charge is -2.50. The lowest BCUT2D eigenvalue weighted by molar-refractivity contribution is -0.140. The van der Waals surface area contributed by atoms with E-state index < -0.39 is 58.6 Å². The number of aliphatic hydroxyl groups excluding tert-OH is 1. The number of carbonyl (C=O) groups excluding carboxylic acids is 2. The van der Waals surface area contributed by atoms with Gasteiger partial charge in [0.15, 0.2) is 17.1 Å². The number of carbonyl (C=O) groups is 2. The highest BCUT2D eigenvalue weighted by molar-refractivity contribution is 6.16. The number of rotatable bonds is 9. The number of benzene rings is 3. The number of alkyl halides is 3. The molecule has 13 heteroatoms. The molecule has 0 bridgehead atoms. The van der Waals surface area contributed by atoms with Gasteiger partial charge >= 0.3 is 6.18 Å². The van der Waals surface area contributed by atoms with Gasteiger partial charge in [-0.1, -0.05) is 67.6 Å². The number of fused-ring (bicyclic) bond motifs is 4. The molecule has 1 aromatic heterocycles. The molecule has 0 spiro atoms. The molecule has 0 radical (unpaired) electrons. The third-order valence-electron chi connectivity index (χ3n) is 11.7. The molecule has 5 atom stereocenters. The topological polar surface area (TPSA) is 126 Å². The van der Waals surface area contributed by atoms with E-state index in [1.807, 2.05) is 53.1 Å². The van der Waals surface area contributed by atoms with Gasteiger partial charge in [-0.15, -0.1) is 0 Å². The molecule has 0 saturated carbocycles. The fourth-order valence-corrected chi connectivity index (χ4v) is 8.80. The minimum atomic E-state index is -4.82. The maximum Gasteiger partial charge on any atom is 0.417 e. The summed E-state index contributed by atoms with van der Waals surface area (Å²) < 4.78 is 63.7. The van der Waals surface area contributed by atoms with Crippen LogP contribution in [0.4, 0.5) is 13.2 Å². The fraction of sp³-hybridized carbons (Fsp3) is 0.390. The average molecular weight is 744 g/mol. The van der Waals surface area contributed by atoms with Crippen LogP contribution in [0, 0.1) is 11.8 Å². The smallest absolute Gasteiger partial charge is 0.417 e. The maximum atomic E-state index is 15.3. The van der Waals surface area contributed by atoms with Crippen LogP contribution in [0.1, 0.15) is 86.1 Å². The van der Waals surface area contributed by atoms with Crippen LogP contribution in [-0.4, -0.2) is 69.5 Å². The summed E-state index contributed by atoms with van der Waals surface area (Å²) in [5, 5.41) is 28.7. The number of ether oxygens (including phenoxy) is 2. The molecule has 3 aliphatic carbocycles. The van der Waals surface area contributed by atoms with Crippen molar-refractivity contribution in [3.8, 4) is 11.6 Å². The van der Waals surface area contributed by atoms with E-state index in [4.69, 9.17) is 14.0 Å². The molecule has 8 rings (SSSR count). The first-order valence-electron chi connectivity index (χ1n) is 18.1. The monoisotopic (exact) mass is 743 g/mol. The van der Waals surface area contributed by atoms with Crippen molar-refractivity contribution in [2.45, 2.75) is 63.3 Å². The molecule has 54 heavy (non-hydrogen) atoms. The summed E-state index contributed by atoms with van der Waals surface area (Å²) in [6, 6.07) is 18.1. The summed E-state index contributed by atoms with van der Waals surface area (Å²) >= 11 is 0. The molecule has 2 N–H and O–H groups in total. The Bertz CT molecular complexity index is 2150. The number of Topliss-reactive ketones (excluding diaryl/α,β-unsaturated/α-hetero) is 2. The SMILES string of the molecule is CCN(C)[C@@H]1c2onc(OCc3ccccc3)c2C(=O)[C@@]2(O)C(O)=C3C(=O)c4c(OCc5ccccc5)cc(C5CCN5C)c(C(F)(F)F)c4C[C@H]3C[C@@H]12. The number of likely N-dealkylation sites (tertiary alicyclic amines) is 1. The van der Waals surface area contributed by atoms with Gasteiger partial charge in [0.1, 0.15) is 30.3 Å². The molecule has 4 aromatic rings. The second-order valence-electron chi connectivity index (χ2n) is 14.7. The number of nitrogens with zero attached hydrogens (tertiary/aromatic N) is 3. The Morgan fingerprint density at radius 1 is 1.02 bits per heavy atom. The number of hydrogen-bond donors (Lipinski definition) is 2. The van der Waals surface area contributed by atoms with Gasteiger partial charge in [0.25, 0.3) is 5.88 Å². The van der Waals surface area contributed by atoms with Gasteiger partial charge < -0.3 is 24.2 Å². The Morgan fingerprint density at radius 3 is 2.24 bits per heavy atom. The minimum Gasteiger partial charge on any atom is -0.508 e. The van der Waals surface area contributed by atoms with Crippen molar-refractivity contribution in [3.05, 3.63) is 123 Å². The van der Waals surface area contributed by atoms with Crippen LogP contribution in [-0.2, 0) is 25.8 Å². The number of aliphatic hydroxyl groups is 2. The summed E-state index contributed by atoms with van der Waals surface area (Å²) in [6.45, 7) is 2.88. The summed E-state index contributed by atoms with van der Waals surface area (Å²) in [4.78, 5) is 32.9. The van der Waals surface area contributed by atoms with Gasteiger partial charge in [-0.05, 0) is 79.3 Å². The summed E-state index contributed by atoms with van der Waals surface area (Å²) in [6.07, 6.45) is -4.70. The van der Waals surface area contributed by atoms with Crippen molar-refractivity contribution in [2.75, 3.05) is 27.2 Å². The molecule has 2 heterocycles. The van der Waals surface area contributed by atoms with E-state index in [0.717, 1.165) is 11.1 Å². The molecule has 0 amide bonds. The van der Waals surface area contributed by atoms with E-state index in [9.17, 15) is 19.8 Å². The molecular weight excluding hydrogens is 703 g/mol. The summed E-state index contributed by atoms with van der Waals surface area (Å²) in [5.41, 5.74) is -2.97. The molecular formula is C41H40F3N3O7. The Morgan fingerprint density at radius 2 is 1.67 bits per heavy atom. The van der Waals surface area contributed by atoms with Crippen molar-refractivity contribution in [1.82, 2.24) is 15.0 Å². The van der Waals surface area contributed by atoms with Crippen LogP contribution in [0.3, 0.4) is 0 Å². The highest BCUT2D eigenvalue weighted by Crippen LogP contribution is 2.58. The molecule has 4 aliphatic rings. The second-order valence-corrected chi connectivity index (χ2v) is 14.7. The summed E-state index contributed by atoms with van der Waals surface area (Å²) in [7, 11) is 3.50. The van der Waals surface area contributed by atoms with Crippen LogP contribution >= 0.6 is 0 Å². The predicted molar refractivity (Wildman–Crippen MR) is 189 cm³/mol. The van der Waals surface area contributed by atoms with Crippen LogP contribution in [0.15, 0.2) is 82.6 Å². The van der Waals surface area contributed by atoms with Crippen molar-refractivity contribution >= 4 is 11.6 Å². The molecule has 10 nitrogen and oxygen atoms in total. The molecule has 1 saturated heterocycles. The Hall–Kier alpha value is -4.98. The molecule has 1 aliphatic heterocycles. The van der Waals surface area contributed by atoms with Gasteiger partial charge in [0.05, 0.1) is 17.2 Å². The van der Waals surface area contributed by atoms with E-state index in [1.54, 1.807) is 38.4 Å². The van der Waals surface area contributed by atoms with Crippen LogP contribution in [0.25, 0.3) is 0 Å². The first-order valence-corrected chi connectivity index (χ1v) is 18.1. The molecule has 1 unspecified atom stereocenters. The Kier molecular flexibility index (Phi) is 8.94. The van der Waals surface area contributed by atoms with Gasteiger partial charge in [-0.3, -0.25) is 19.4 Å². The number of aromatic nitrogens is 1. The second kappa shape index (κ2) is 13.4. The van der Waals surface area contributed by atoms with E-state index in [1.165, 1.54) is 6.07 Å². The van der Waals surface area contributed by atoms with Crippen molar-refractivity contribution in [1.29, 1.82) is 0 Å². The van der Waals surface area contributed by atoms with E-state index in [-0.39, 0.29) is 71.3 Å². The first kappa shape index (κ1) is 36.0. The predicted octanol–water partition coefficient (Wildman–Crippen LogP) is 7.04. The Labute approximate surface area is 309 Å². The van der Waals surface area contributed by atoms with E-state index in [0.29, 0.717) is 19.5 Å². The number of allylic oxidation sites excluding steroid dienone is 1. The molecule has 282 valence electrons. The van der Waals surface area contributed by atoms with Crippen LogP contribution in [0.5, 0.6) is 11.6 Å². The first-order chi connectivity index (χ1) is 25.8. The fourth-order valence-electron chi connectivity index (χ4n) is 8.80. The third kappa shape index (κ3) is 5.63. The standard InChI is InChI=1S/C41H40F3N3O7/c1-4-46(2)34-27-18-24-17-26-31(29(52-20-22-11-7-5-8-12-22)19-25(28-15-16-47(28)3)33(26)41(42,43)44)35(48)30(24)37(49)40(27,51)38(50)32-36(34)54-45-39(32)53-21-23-13-9-6-10-14-23/h5-14,19,24,27-28,34,49,51H,4,15-18,20-21H2,1-3H3/t24-,27-,28?,34-,40-/m0/s1. The zero-order valence-electron chi connectivity index (χ0n) is 30.0. The lowest BCUT2D eigenvalue weighted by Crippen LogP contribution is -2.59. The molecule has 1 fully saturated rings. The largest absolute Gasteiger partial charge is 0.508 e. The number of ketones is 2. The average Bonchev–Trinajstić information content (AvgIpc) is 3.57. The van der Waals surface area contributed by atoms with E-state index in [2.05, 4.69) is 5.16 Å². The van der Waals surface area contributed by atoms with Crippen LogP contribution in [0.2, 0.25) is 0 Å². The van der Waals surface area contributed by atoms with Gasteiger partial charge in [-0.25, -0.2) is 0 Å². The summed E-state index contributed by atoms with van der Waals surface area (Å²) in [5.74, 6) is -4.95. The number of hydrogen-bond acceptors (Lipinski definition) is 10. The molecule has 3 aromatic carbocycles. The maximum absolute atomic E-state index is 15.3. The van der Waals surface area contributed by atoms with Crippen LogP contribution < -0.4 is 9.47 Å². The lowest BCUT2D eigenvalue weighted by atomic mass is 9.58. The van der Waals surface area contributed by atoms with E-state index >= 15 is 13.2 Å². The normalized spacial score (nSPS) is 25.1.